The molecule has 0 N–H and O–H groups in total. The van der Waals surface area contributed by atoms with Crippen molar-refractivity contribution in [3.63, 3.8) is 0 Å². The van der Waals surface area contributed by atoms with Crippen molar-refractivity contribution in [3.05, 3.63) is 0 Å². The summed E-state index contributed by atoms with van der Waals surface area (Å²) in [6.07, 6.45) is 25.1. The molecule has 0 saturated heterocycles. The van der Waals surface area contributed by atoms with Gasteiger partial charge in [0, 0.05) is 0 Å². The van der Waals surface area contributed by atoms with E-state index in [1.165, 1.54) is 0 Å². The van der Waals surface area contributed by atoms with Gasteiger partial charge in [0.1, 0.15) is 0 Å². The van der Waals surface area contributed by atoms with Crippen molar-refractivity contribution in [2.75, 3.05) is 39.6 Å². The summed E-state index contributed by atoms with van der Waals surface area (Å²) in [5.41, 5.74) is 0. The fourth-order valence-electron chi connectivity index (χ4n) is 6.68. The molecule has 0 amide bonds. The maximum Gasteiger partial charge on any atom is 3.00 e. The normalized spacial score (nSPS) is 17.1. The molecule has 0 aromatic heterocycles. The molecule has 0 aromatic rings. The number of unbranched alkanes of at least 4 members (excludes halogenated alkanes) is 6. The molecular weight excluding hydrogens is 950 g/mol. The molecule has 0 fully saturated rings. The van der Waals surface area contributed by atoms with Gasteiger partial charge < -0.3 is 41.8 Å². The first kappa shape index (κ1) is 72.0. The Morgan fingerprint density at radius 2 is 0.422 bits per heavy atom. The Bertz CT molecular complexity index is 919. The third-order valence-corrected chi connectivity index (χ3v) is 14.9. The standard InChI is InChI=1S/3C16H35O4P.Y/c3*1-5-9-11-15(7-3)13-19-21(17,18)20-14-16(8-4)12-10-6-2;/h3*15-16H,5-14H2,1-4H3,(H,17,18);/q;;;+3/p-3. The summed E-state index contributed by atoms with van der Waals surface area (Å²) < 4.78 is 65.7. The van der Waals surface area contributed by atoms with Crippen molar-refractivity contribution in [1.82, 2.24) is 0 Å². The van der Waals surface area contributed by atoms with Gasteiger partial charge in [-0.15, -0.1) is 0 Å². The maximum absolute atomic E-state index is 11.8. The minimum Gasteiger partial charge on any atom is -0.756 e. The molecule has 0 aliphatic rings. The second-order valence-electron chi connectivity index (χ2n) is 17.6. The number of phosphoric ester groups is 3. The van der Waals surface area contributed by atoms with E-state index < -0.39 is 23.5 Å². The molecule has 0 heterocycles. The molecule has 0 rings (SSSR count). The Kier molecular flexibility index (Phi) is 54.1. The predicted molar refractivity (Wildman–Crippen MR) is 258 cm³/mol. The van der Waals surface area contributed by atoms with Crippen molar-refractivity contribution in [1.29, 1.82) is 0 Å². The van der Waals surface area contributed by atoms with Crippen molar-refractivity contribution in [2.45, 2.75) is 237 Å². The monoisotopic (exact) mass is 1050 g/mol. The van der Waals surface area contributed by atoms with Gasteiger partial charge in [0.15, 0.2) is 0 Å². The molecule has 16 heteroatoms. The van der Waals surface area contributed by atoms with E-state index >= 15 is 0 Å². The summed E-state index contributed by atoms with van der Waals surface area (Å²) >= 11 is 0. The fraction of sp³-hybridized carbons (Fsp3) is 1.00. The van der Waals surface area contributed by atoms with Crippen molar-refractivity contribution >= 4 is 23.5 Å². The summed E-state index contributed by atoms with van der Waals surface area (Å²) in [5.74, 6) is 1.82. The van der Waals surface area contributed by atoms with E-state index in [1.54, 1.807) is 0 Å². The molecule has 6 unspecified atom stereocenters. The summed E-state index contributed by atoms with van der Waals surface area (Å²) in [6.45, 7) is 26.7. The van der Waals surface area contributed by atoms with Crippen LogP contribution in [0.3, 0.4) is 0 Å². The summed E-state index contributed by atoms with van der Waals surface area (Å²) in [5, 5.41) is 0. The van der Waals surface area contributed by atoms with Crippen LogP contribution in [-0.4, -0.2) is 39.6 Å². The predicted octanol–water partition coefficient (Wildman–Crippen LogP) is 14.8. The molecular formula is C48H102O12P3Y. The summed E-state index contributed by atoms with van der Waals surface area (Å²) in [6, 6.07) is 0. The van der Waals surface area contributed by atoms with Gasteiger partial charge in [0.2, 0.25) is 0 Å². The molecule has 0 spiro atoms. The minimum atomic E-state index is -4.14. The fourth-order valence-corrected chi connectivity index (χ4v) is 9.26. The molecule has 6 atom stereocenters. The number of hydrogen-bond donors (Lipinski definition) is 0. The number of rotatable bonds is 42. The number of phosphoric acid groups is 3. The zero-order chi connectivity index (χ0) is 48.4. The smallest absolute Gasteiger partial charge is 0.756 e. The van der Waals surface area contributed by atoms with Gasteiger partial charge in [-0.05, 0) is 74.0 Å². The first-order chi connectivity index (χ1) is 30.0. The Labute approximate surface area is 421 Å². The van der Waals surface area contributed by atoms with Gasteiger partial charge in [-0.3, -0.25) is 13.7 Å². The third kappa shape index (κ3) is 45.9. The van der Waals surface area contributed by atoms with E-state index in [0.29, 0.717) is 35.5 Å². The van der Waals surface area contributed by atoms with Gasteiger partial charge in [0.05, 0.1) is 39.6 Å². The second kappa shape index (κ2) is 48.1. The van der Waals surface area contributed by atoms with Crippen LogP contribution >= 0.6 is 23.5 Å². The van der Waals surface area contributed by atoms with Gasteiger partial charge in [0.25, 0.3) is 23.5 Å². The van der Waals surface area contributed by atoms with E-state index in [1.807, 2.05) is 0 Å². The van der Waals surface area contributed by atoms with Crippen LogP contribution in [0.15, 0.2) is 0 Å². The summed E-state index contributed by atoms with van der Waals surface area (Å²) in [4.78, 5) is 35.4. The first-order valence-electron chi connectivity index (χ1n) is 25.8. The molecule has 64 heavy (non-hydrogen) atoms. The van der Waals surface area contributed by atoms with Crippen LogP contribution < -0.4 is 14.7 Å². The molecule has 0 aliphatic carbocycles. The largest absolute Gasteiger partial charge is 3.00 e. The van der Waals surface area contributed by atoms with E-state index in [2.05, 4.69) is 83.1 Å². The van der Waals surface area contributed by atoms with E-state index in [-0.39, 0.29) is 72.4 Å². The van der Waals surface area contributed by atoms with Gasteiger partial charge in [-0.1, -0.05) is 199 Å². The molecule has 12 nitrogen and oxygen atoms in total. The molecule has 0 aromatic carbocycles. The molecule has 0 bridgehead atoms. The molecule has 0 aliphatic heterocycles. The van der Waals surface area contributed by atoms with Crippen molar-refractivity contribution in [3.8, 4) is 0 Å². The van der Waals surface area contributed by atoms with Crippen LogP contribution in [0.4, 0.5) is 0 Å². The van der Waals surface area contributed by atoms with Crippen LogP contribution in [0.5, 0.6) is 0 Å². The molecule has 0 saturated carbocycles. The molecule has 0 radical (unpaired) electrons. The van der Waals surface area contributed by atoms with Crippen molar-refractivity contribution < 1.29 is 88.2 Å². The van der Waals surface area contributed by atoms with Gasteiger partial charge >= 0.3 is 32.7 Å². The first-order valence-corrected chi connectivity index (χ1v) is 30.1. The average molecular weight is 1050 g/mol. The Balaban J connectivity index is -0.000000419. The van der Waals surface area contributed by atoms with Crippen LogP contribution in [0.2, 0.25) is 0 Å². The topological polar surface area (TPSA) is 176 Å². The van der Waals surface area contributed by atoms with E-state index in [0.717, 1.165) is 154 Å². The number of hydrogen-bond acceptors (Lipinski definition) is 12. The Morgan fingerprint density at radius 3 is 0.516 bits per heavy atom. The Morgan fingerprint density at radius 1 is 0.297 bits per heavy atom. The van der Waals surface area contributed by atoms with Crippen LogP contribution in [0.1, 0.15) is 237 Å². The van der Waals surface area contributed by atoms with Gasteiger partial charge in [-0.25, -0.2) is 0 Å². The van der Waals surface area contributed by atoms with Crippen LogP contribution in [0, 0.1) is 35.5 Å². The SMILES string of the molecule is CCCCC(CC)COP(=O)([O-])OCC(CC)CCCC.CCCCC(CC)COP(=O)([O-])OCC(CC)CCCC.CCCCC(CC)COP(=O)([O-])OCC(CC)CCCC.[Y+3]. The second-order valence-corrected chi connectivity index (χ2v) is 21.8. The summed E-state index contributed by atoms with van der Waals surface area (Å²) in [7, 11) is -12.4. The molecule has 384 valence electrons. The van der Waals surface area contributed by atoms with E-state index in [9.17, 15) is 28.4 Å². The quantitative estimate of drug-likeness (QED) is 0.0530. The third-order valence-electron chi connectivity index (χ3n) is 12.1. The van der Waals surface area contributed by atoms with Gasteiger partial charge in [-0.2, -0.15) is 0 Å². The van der Waals surface area contributed by atoms with Crippen LogP contribution in [0.25, 0.3) is 0 Å². The zero-order valence-electron chi connectivity index (χ0n) is 43.5. The van der Waals surface area contributed by atoms with E-state index in [4.69, 9.17) is 27.1 Å². The van der Waals surface area contributed by atoms with Crippen molar-refractivity contribution in [2.24, 2.45) is 35.5 Å². The Hall–Kier alpha value is 1.43. The van der Waals surface area contributed by atoms with Crippen LogP contribution in [-0.2, 0) is 73.5 Å². The minimum absolute atomic E-state index is 0. The maximum atomic E-state index is 11.8. The average Bonchev–Trinajstić information content (AvgIpc) is 3.27. The zero-order valence-corrected chi connectivity index (χ0v) is 49.0.